The monoisotopic (exact) mass is 313 g/mol. The average Bonchev–Trinajstić information content (AvgIpc) is 2.36. The van der Waals surface area contributed by atoms with Crippen molar-refractivity contribution in [1.82, 2.24) is 4.98 Å². The van der Waals surface area contributed by atoms with Crippen molar-refractivity contribution in [3.05, 3.63) is 36.0 Å². The minimum Gasteiger partial charge on any atom is -0.389 e. The molecule has 1 atom stereocenters. The summed E-state index contributed by atoms with van der Waals surface area (Å²) in [5, 5.41) is 3.56. The molecular weight excluding hydrogens is 299 g/mol. The van der Waals surface area contributed by atoms with Crippen LogP contribution >= 0.6 is 12.2 Å². The van der Waals surface area contributed by atoms with E-state index >= 15 is 0 Å². The third-order valence-corrected chi connectivity index (χ3v) is 3.19. The number of pyridine rings is 1. The summed E-state index contributed by atoms with van der Waals surface area (Å²) in [7, 11) is 0. The van der Waals surface area contributed by atoms with E-state index in [2.05, 4.69) is 10.3 Å². The van der Waals surface area contributed by atoms with Gasteiger partial charge in [-0.3, -0.25) is 4.98 Å². The maximum absolute atomic E-state index is 12.5. The zero-order chi connectivity index (χ0) is 15.6. The van der Waals surface area contributed by atoms with Gasteiger partial charge in [-0.25, -0.2) is 0 Å². The second-order valence-electron chi connectivity index (χ2n) is 4.79. The van der Waals surface area contributed by atoms with Gasteiger partial charge in [0, 0.05) is 17.6 Å². The Labute approximate surface area is 125 Å². The molecular formula is C14H14F3N3S. The molecule has 0 aliphatic heterocycles. The summed E-state index contributed by atoms with van der Waals surface area (Å²) >= 11 is 4.95. The number of alkyl halides is 3. The van der Waals surface area contributed by atoms with Gasteiger partial charge in [0.2, 0.25) is 0 Å². The quantitative estimate of drug-likeness (QED) is 0.847. The van der Waals surface area contributed by atoms with Crippen LogP contribution in [0.3, 0.4) is 0 Å². The Bertz CT molecular complexity index is 670. The molecule has 0 fully saturated rings. The molecule has 3 nitrogen and oxygen atoms in total. The molecule has 0 saturated heterocycles. The fourth-order valence-corrected chi connectivity index (χ4v) is 2.28. The number of thiocarbonyl (C=S) groups is 1. The number of benzene rings is 1. The molecule has 0 aliphatic rings. The van der Waals surface area contributed by atoms with Crippen molar-refractivity contribution in [2.75, 3.05) is 5.32 Å². The van der Waals surface area contributed by atoms with Gasteiger partial charge in [-0.05, 0) is 13.0 Å². The highest BCUT2D eigenvalue weighted by Gasteiger charge is 2.30. The number of nitrogens with two attached hydrogens (primary N) is 1. The van der Waals surface area contributed by atoms with Crippen LogP contribution in [0.5, 0.6) is 0 Å². The summed E-state index contributed by atoms with van der Waals surface area (Å²) < 4.78 is 37.4. The van der Waals surface area contributed by atoms with Crippen molar-refractivity contribution in [2.45, 2.75) is 25.6 Å². The number of nitrogens with one attached hydrogen (secondary N) is 1. The van der Waals surface area contributed by atoms with Crippen LogP contribution in [-0.2, 0) is 0 Å². The molecule has 3 N–H and O–H groups in total. The molecule has 0 spiro atoms. The topological polar surface area (TPSA) is 50.9 Å². The number of hydrogen-bond donors (Lipinski definition) is 2. The predicted octanol–water partition coefficient (Wildman–Crippen LogP) is 3.62. The van der Waals surface area contributed by atoms with Crippen molar-refractivity contribution in [3.8, 4) is 0 Å². The van der Waals surface area contributed by atoms with Crippen molar-refractivity contribution >= 4 is 33.8 Å². The number of halogens is 3. The van der Waals surface area contributed by atoms with Gasteiger partial charge in [0.1, 0.15) is 4.99 Å². The number of nitrogens with zero attached hydrogens (tertiary/aromatic N) is 1. The van der Waals surface area contributed by atoms with Crippen molar-refractivity contribution < 1.29 is 13.2 Å². The van der Waals surface area contributed by atoms with E-state index in [9.17, 15) is 13.2 Å². The van der Waals surface area contributed by atoms with E-state index < -0.39 is 18.6 Å². The lowest BCUT2D eigenvalue weighted by Crippen LogP contribution is -2.25. The SMILES string of the molecule is CC(CC(F)(F)F)Nc1c(C(N)=S)cnc2ccccc12. The normalized spacial score (nSPS) is 13.1. The summed E-state index contributed by atoms with van der Waals surface area (Å²) in [5.74, 6) is 0. The van der Waals surface area contributed by atoms with E-state index in [-0.39, 0.29) is 4.99 Å². The molecule has 1 heterocycles. The summed E-state index contributed by atoms with van der Waals surface area (Å²) in [6.45, 7) is 1.46. The largest absolute Gasteiger partial charge is 0.391 e. The smallest absolute Gasteiger partial charge is 0.389 e. The third-order valence-electron chi connectivity index (χ3n) is 2.97. The Morgan fingerprint density at radius 2 is 2.05 bits per heavy atom. The standard InChI is InChI=1S/C14H14F3N3S/c1-8(6-14(15,16)17)20-12-9-4-2-3-5-11(9)19-7-10(12)13(18)21/h2-5,7-8H,6H2,1H3,(H2,18,21)(H,19,20). The maximum Gasteiger partial charge on any atom is 0.391 e. The summed E-state index contributed by atoms with van der Waals surface area (Å²) in [6.07, 6.45) is -3.70. The van der Waals surface area contributed by atoms with Gasteiger partial charge in [0.25, 0.3) is 0 Å². The zero-order valence-electron chi connectivity index (χ0n) is 11.2. The Morgan fingerprint density at radius 3 is 2.67 bits per heavy atom. The average molecular weight is 313 g/mol. The fraction of sp³-hybridized carbons (Fsp3) is 0.286. The first kappa shape index (κ1) is 15.5. The Hall–Kier alpha value is -1.89. The van der Waals surface area contributed by atoms with Gasteiger partial charge < -0.3 is 11.1 Å². The molecule has 7 heteroatoms. The van der Waals surface area contributed by atoms with Crippen molar-refractivity contribution in [2.24, 2.45) is 5.73 Å². The molecule has 112 valence electrons. The van der Waals surface area contributed by atoms with E-state index in [0.717, 1.165) is 0 Å². The maximum atomic E-state index is 12.5. The van der Waals surface area contributed by atoms with Crippen LogP contribution in [0.4, 0.5) is 18.9 Å². The minimum absolute atomic E-state index is 0.0926. The van der Waals surface area contributed by atoms with Crippen LogP contribution in [0.15, 0.2) is 30.5 Å². The highest BCUT2D eigenvalue weighted by atomic mass is 32.1. The number of para-hydroxylation sites is 1. The number of rotatable bonds is 4. The van der Waals surface area contributed by atoms with Crippen LogP contribution in [-0.4, -0.2) is 22.2 Å². The first-order valence-electron chi connectivity index (χ1n) is 6.29. The second kappa shape index (κ2) is 5.85. The van der Waals surface area contributed by atoms with Crippen LogP contribution < -0.4 is 11.1 Å². The van der Waals surface area contributed by atoms with Crippen LogP contribution in [0.25, 0.3) is 10.9 Å². The van der Waals surface area contributed by atoms with Crippen molar-refractivity contribution in [3.63, 3.8) is 0 Å². The predicted molar refractivity (Wildman–Crippen MR) is 81.4 cm³/mol. The van der Waals surface area contributed by atoms with E-state index in [1.54, 1.807) is 24.3 Å². The molecule has 1 aromatic carbocycles. The minimum atomic E-state index is -4.24. The molecule has 0 saturated carbocycles. The van der Waals surface area contributed by atoms with Crippen LogP contribution in [0, 0.1) is 0 Å². The highest BCUT2D eigenvalue weighted by Crippen LogP contribution is 2.29. The number of fused-ring (bicyclic) bond motifs is 1. The Morgan fingerprint density at radius 1 is 1.38 bits per heavy atom. The molecule has 1 aromatic heterocycles. The lowest BCUT2D eigenvalue weighted by atomic mass is 10.1. The summed E-state index contributed by atoms with van der Waals surface area (Å²) in [6, 6.07) is 6.33. The van der Waals surface area contributed by atoms with Gasteiger partial charge in [-0.1, -0.05) is 30.4 Å². The molecule has 1 unspecified atom stereocenters. The zero-order valence-corrected chi connectivity index (χ0v) is 12.1. The lowest BCUT2D eigenvalue weighted by molar-refractivity contribution is -0.136. The Kier molecular flexibility index (Phi) is 4.32. The third kappa shape index (κ3) is 3.81. The fourth-order valence-electron chi connectivity index (χ4n) is 2.13. The number of hydrogen-bond acceptors (Lipinski definition) is 3. The summed E-state index contributed by atoms with van der Waals surface area (Å²) in [5.41, 5.74) is 7.24. The van der Waals surface area contributed by atoms with E-state index in [0.29, 0.717) is 22.2 Å². The highest BCUT2D eigenvalue weighted by molar-refractivity contribution is 7.80. The lowest BCUT2D eigenvalue weighted by Gasteiger charge is -2.20. The van der Waals surface area contributed by atoms with Gasteiger partial charge >= 0.3 is 6.18 Å². The first-order valence-corrected chi connectivity index (χ1v) is 6.69. The molecule has 0 amide bonds. The molecule has 0 aliphatic carbocycles. The van der Waals surface area contributed by atoms with E-state index in [1.165, 1.54) is 13.1 Å². The van der Waals surface area contributed by atoms with Crippen LogP contribution in [0.1, 0.15) is 18.9 Å². The second-order valence-corrected chi connectivity index (χ2v) is 5.23. The van der Waals surface area contributed by atoms with E-state index in [1.807, 2.05) is 0 Å². The summed E-state index contributed by atoms with van der Waals surface area (Å²) in [4.78, 5) is 4.31. The van der Waals surface area contributed by atoms with Gasteiger partial charge in [-0.15, -0.1) is 0 Å². The van der Waals surface area contributed by atoms with Crippen LogP contribution in [0.2, 0.25) is 0 Å². The molecule has 0 bridgehead atoms. The number of aromatic nitrogens is 1. The molecule has 2 rings (SSSR count). The van der Waals surface area contributed by atoms with Gasteiger partial charge in [-0.2, -0.15) is 13.2 Å². The molecule has 21 heavy (non-hydrogen) atoms. The van der Waals surface area contributed by atoms with E-state index in [4.69, 9.17) is 18.0 Å². The Balaban J connectivity index is 2.44. The van der Waals surface area contributed by atoms with Gasteiger partial charge in [0.05, 0.1) is 23.2 Å². The first-order chi connectivity index (χ1) is 9.78. The van der Waals surface area contributed by atoms with Crippen molar-refractivity contribution in [1.29, 1.82) is 0 Å². The van der Waals surface area contributed by atoms with Gasteiger partial charge in [0.15, 0.2) is 0 Å². The molecule has 2 aromatic rings. The number of anilines is 1. The molecule has 0 radical (unpaired) electrons.